The summed E-state index contributed by atoms with van der Waals surface area (Å²) in [6.07, 6.45) is 0. The van der Waals surface area contributed by atoms with Crippen LogP contribution in [0.15, 0.2) is 42.5 Å². The number of amides is 4. The van der Waals surface area contributed by atoms with E-state index in [4.69, 9.17) is 0 Å². The quantitative estimate of drug-likeness (QED) is 0.655. The Balaban J connectivity index is 1.84. The first-order valence-corrected chi connectivity index (χ1v) is 9.88. The summed E-state index contributed by atoms with van der Waals surface area (Å²) in [5.41, 5.74) is 4.84. The summed E-state index contributed by atoms with van der Waals surface area (Å²) in [6.45, 7) is 7.90. The average Bonchev–Trinajstić information content (AvgIpc) is 2.69. The van der Waals surface area contributed by atoms with Gasteiger partial charge in [-0.3, -0.25) is 19.8 Å². The van der Waals surface area contributed by atoms with Gasteiger partial charge in [0.1, 0.15) is 0 Å². The van der Waals surface area contributed by atoms with E-state index in [9.17, 15) is 14.4 Å². The van der Waals surface area contributed by atoms with Crippen LogP contribution in [0.3, 0.4) is 0 Å². The van der Waals surface area contributed by atoms with Gasteiger partial charge in [0.25, 0.3) is 0 Å². The van der Waals surface area contributed by atoms with Crippen molar-refractivity contribution in [2.45, 2.75) is 40.3 Å². The Bertz CT molecular complexity index is 889. The van der Waals surface area contributed by atoms with Crippen LogP contribution in [-0.4, -0.2) is 42.4 Å². The zero-order valence-electron chi connectivity index (χ0n) is 18.2. The monoisotopic (exact) mass is 410 g/mol. The van der Waals surface area contributed by atoms with Gasteiger partial charge in [-0.25, -0.2) is 4.79 Å². The number of rotatable bonds is 7. The summed E-state index contributed by atoms with van der Waals surface area (Å²) in [5, 5.41) is 7.88. The maximum atomic E-state index is 12.5. The molecule has 160 valence electrons. The van der Waals surface area contributed by atoms with Crippen LogP contribution < -0.4 is 16.0 Å². The van der Waals surface area contributed by atoms with Crippen LogP contribution in [0.1, 0.15) is 29.2 Å². The van der Waals surface area contributed by atoms with Crippen LogP contribution in [0.25, 0.3) is 0 Å². The number of urea groups is 1. The molecule has 0 heterocycles. The third-order valence-electron chi connectivity index (χ3n) is 4.91. The van der Waals surface area contributed by atoms with Crippen molar-refractivity contribution < 1.29 is 14.4 Å². The SMILES string of the molecule is Cc1cc(C)c(NC(=O)CN(C)C(C)C(=O)NC(=O)NCc2ccccc2)c(C)c1. The predicted octanol–water partition coefficient (Wildman–Crippen LogP) is 2.90. The summed E-state index contributed by atoms with van der Waals surface area (Å²) in [6, 6.07) is 12.2. The Hall–Kier alpha value is -3.19. The fourth-order valence-corrected chi connectivity index (χ4v) is 3.16. The number of likely N-dealkylation sites (N-methyl/N-ethyl adjacent to an activating group) is 1. The maximum Gasteiger partial charge on any atom is 0.321 e. The van der Waals surface area contributed by atoms with Crippen molar-refractivity contribution in [3.63, 3.8) is 0 Å². The molecule has 3 N–H and O–H groups in total. The molecule has 0 saturated carbocycles. The minimum Gasteiger partial charge on any atom is -0.334 e. The number of benzene rings is 2. The van der Waals surface area contributed by atoms with E-state index in [0.29, 0.717) is 6.54 Å². The predicted molar refractivity (Wildman–Crippen MR) is 118 cm³/mol. The molecular weight excluding hydrogens is 380 g/mol. The Kier molecular flexibility index (Phi) is 8.12. The van der Waals surface area contributed by atoms with Crippen molar-refractivity contribution in [2.24, 2.45) is 0 Å². The van der Waals surface area contributed by atoms with E-state index in [0.717, 1.165) is 27.9 Å². The van der Waals surface area contributed by atoms with Crippen molar-refractivity contribution >= 4 is 23.5 Å². The molecule has 0 saturated heterocycles. The minimum absolute atomic E-state index is 0.0208. The lowest BCUT2D eigenvalue weighted by Gasteiger charge is -2.23. The number of nitrogens with zero attached hydrogens (tertiary/aromatic N) is 1. The van der Waals surface area contributed by atoms with Gasteiger partial charge in [0.05, 0.1) is 12.6 Å². The van der Waals surface area contributed by atoms with Crippen LogP contribution >= 0.6 is 0 Å². The highest BCUT2D eigenvalue weighted by atomic mass is 16.2. The van der Waals surface area contributed by atoms with Crippen LogP contribution in [0.5, 0.6) is 0 Å². The molecule has 0 aliphatic heterocycles. The molecule has 2 aromatic carbocycles. The molecule has 2 rings (SSSR count). The summed E-state index contributed by atoms with van der Waals surface area (Å²) < 4.78 is 0. The van der Waals surface area contributed by atoms with E-state index in [1.54, 1.807) is 18.9 Å². The fraction of sp³-hybridized carbons (Fsp3) is 0.348. The molecule has 0 bridgehead atoms. The van der Waals surface area contributed by atoms with Gasteiger partial charge in [0.15, 0.2) is 0 Å². The Morgan fingerprint density at radius 1 is 1.00 bits per heavy atom. The van der Waals surface area contributed by atoms with E-state index in [1.807, 2.05) is 63.2 Å². The van der Waals surface area contributed by atoms with Crippen molar-refractivity contribution in [3.8, 4) is 0 Å². The van der Waals surface area contributed by atoms with Gasteiger partial charge < -0.3 is 10.6 Å². The highest BCUT2D eigenvalue weighted by Crippen LogP contribution is 2.21. The standard InChI is InChI=1S/C23H30N4O3/c1-15-11-16(2)21(17(3)12-15)25-20(28)14-27(5)18(4)22(29)26-23(30)24-13-19-9-7-6-8-10-19/h6-12,18H,13-14H2,1-5H3,(H,25,28)(H2,24,26,29,30). The van der Waals surface area contributed by atoms with Crippen molar-refractivity contribution in [3.05, 3.63) is 64.7 Å². The molecule has 0 fully saturated rings. The van der Waals surface area contributed by atoms with E-state index in [1.165, 1.54) is 0 Å². The molecule has 1 atom stereocenters. The van der Waals surface area contributed by atoms with E-state index < -0.39 is 18.0 Å². The van der Waals surface area contributed by atoms with Crippen LogP contribution in [0.2, 0.25) is 0 Å². The first-order chi connectivity index (χ1) is 14.2. The second-order valence-electron chi connectivity index (χ2n) is 7.57. The van der Waals surface area contributed by atoms with E-state index >= 15 is 0 Å². The van der Waals surface area contributed by atoms with Crippen molar-refractivity contribution in [1.82, 2.24) is 15.5 Å². The average molecular weight is 411 g/mol. The largest absolute Gasteiger partial charge is 0.334 e. The maximum absolute atomic E-state index is 12.5. The molecule has 1 unspecified atom stereocenters. The Morgan fingerprint density at radius 3 is 2.20 bits per heavy atom. The molecule has 7 heteroatoms. The van der Waals surface area contributed by atoms with Crippen LogP contribution in [0.4, 0.5) is 10.5 Å². The fourth-order valence-electron chi connectivity index (χ4n) is 3.16. The van der Waals surface area contributed by atoms with Gasteiger partial charge in [0, 0.05) is 12.2 Å². The molecule has 0 aliphatic carbocycles. The van der Waals surface area contributed by atoms with Gasteiger partial charge >= 0.3 is 6.03 Å². The number of aryl methyl sites for hydroxylation is 3. The third-order valence-corrected chi connectivity index (χ3v) is 4.91. The molecule has 4 amide bonds. The van der Waals surface area contributed by atoms with E-state index in [2.05, 4.69) is 16.0 Å². The zero-order chi connectivity index (χ0) is 22.3. The Morgan fingerprint density at radius 2 is 1.60 bits per heavy atom. The summed E-state index contributed by atoms with van der Waals surface area (Å²) in [7, 11) is 1.67. The lowest BCUT2D eigenvalue weighted by molar-refractivity contribution is -0.125. The van der Waals surface area contributed by atoms with E-state index in [-0.39, 0.29) is 12.5 Å². The molecule has 0 radical (unpaired) electrons. The normalized spacial score (nSPS) is 11.7. The smallest absolute Gasteiger partial charge is 0.321 e. The number of carbonyl (C=O) groups is 3. The lowest BCUT2D eigenvalue weighted by Crippen LogP contribution is -2.49. The number of anilines is 1. The first kappa shape index (κ1) is 23.1. The number of hydrogen-bond acceptors (Lipinski definition) is 4. The zero-order valence-corrected chi connectivity index (χ0v) is 18.2. The topological polar surface area (TPSA) is 90.5 Å². The van der Waals surface area contributed by atoms with Gasteiger partial charge in [0.2, 0.25) is 11.8 Å². The van der Waals surface area contributed by atoms with Gasteiger partial charge in [-0.05, 0) is 51.4 Å². The molecule has 30 heavy (non-hydrogen) atoms. The molecule has 0 aromatic heterocycles. The molecule has 0 spiro atoms. The van der Waals surface area contributed by atoms with Gasteiger partial charge in [-0.1, -0.05) is 48.0 Å². The van der Waals surface area contributed by atoms with Crippen LogP contribution in [-0.2, 0) is 16.1 Å². The molecule has 7 nitrogen and oxygen atoms in total. The summed E-state index contributed by atoms with van der Waals surface area (Å²) in [5.74, 6) is -0.695. The van der Waals surface area contributed by atoms with Crippen LogP contribution in [0, 0.1) is 20.8 Å². The second kappa shape index (κ2) is 10.5. The second-order valence-corrected chi connectivity index (χ2v) is 7.57. The Labute approximate surface area is 177 Å². The summed E-state index contributed by atoms with van der Waals surface area (Å²) in [4.78, 5) is 38.4. The number of nitrogens with one attached hydrogen (secondary N) is 3. The van der Waals surface area contributed by atoms with Gasteiger partial charge in [-0.2, -0.15) is 0 Å². The summed E-state index contributed by atoms with van der Waals surface area (Å²) >= 11 is 0. The van der Waals surface area contributed by atoms with Crippen molar-refractivity contribution in [1.29, 1.82) is 0 Å². The molecule has 0 aliphatic rings. The van der Waals surface area contributed by atoms with Gasteiger partial charge in [-0.15, -0.1) is 0 Å². The first-order valence-electron chi connectivity index (χ1n) is 9.88. The lowest BCUT2D eigenvalue weighted by atomic mass is 10.1. The number of imide groups is 1. The third kappa shape index (κ3) is 6.70. The number of hydrogen-bond donors (Lipinski definition) is 3. The highest BCUT2D eigenvalue weighted by Gasteiger charge is 2.22. The minimum atomic E-state index is -0.654. The highest BCUT2D eigenvalue weighted by molar-refractivity contribution is 5.98. The van der Waals surface area contributed by atoms with Crippen molar-refractivity contribution in [2.75, 3.05) is 18.9 Å². The molecular formula is C23H30N4O3. The number of carbonyl (C=O) groups excluding carboxylic acids is 3. The molecule has 2 aromatic rings.